The van der Waals surface area contributed by atoms with Gasteiger partial charge < -0.3 is 5.32 Å². The van der Waals surface area contributed by atoms with Crippen molar-refractivity contribution in [2.45, 2.75) is 25.7 Å². The Morgan fingerprint density at radius 2 is 2.04 bits per heavy atom. The number of fused-ring (bicyclic) bond motifs is 1. The van der Waals surface area contributed by atoms with Gasteiger partial charge in [0.25, 0.3) is 5.91 Å². The van der Waals surface area contributed by atoms with Crippen LogP contribution in [-0.2, 0) is 22.9 Å². The Hall–Kier alpha value is -1.93. The number of carbonyl (C=O) groups excluding carboxylic acids is 1. The van der Waals surface area contributed by atoms with Crippen LogP contribution in [0.15, 0.2) is 24.3 Å². The van der Waals surface area contributed by atoms with E-state index in [1.165, 1.54) is 44.3 Å². The zero-order chi connectivity index (χ0) is 17.6. The molecule has 5 nitrogen and oxygen atoms in total. The molecule has 1 aromatic carbocycles. The highest BCUT2D eigenvalue weighted by molar-refractivity contribution is 7.93. The van der Waals surface area contributed by atoms with E-state index in [1.54, 1.807) is 0 Å². The Kier molecular flexibility index (Phi) is 4.04. The molecule has 0 atom stereocenters. The van der Waals surface area contributed by atoms with Gasteiger partial charge in [-0.25, -0.2) is 12.8 Å². The maximum Gasteiger partial charge on any atom is 0.265 e. The van der Waals surface area contributed by atoms with Crippen LogP contribution in [0.25, 0.3) is 0 Å². The molecule has 1 N–H and O–H groups in total. The number of thiophene rings is 1. The molecule has 132 valence electrons. The second-order valence-corrected chi connectivity index (χ2v) is 9.42. The van der Waals surface area contributed by atoms with Gasteiger partial charge in [0.1, 0.15) is 5.82 Å². The molecule has 0 bridgehead atoms. The van der Waals surface area contributed by atoms with Crippen LogP contribution < -0.4 is 9.62 Å². The average Bonchev–Trinajstić information content (AvgIpc) is 3.23. The van der Waals surface area contributed by atoms with Gasteiger partial charge in [0.05, 0.1) is 22.0 Å². The minimum atomic E-state index is -3.35. The molecule has 4 rings (SSSR count). The summed E-state index contributed by atoms with van der Waals surface area (Å²) >= 11 is 1.44. The largest absolute Gasteiger partial charge is 0.319 e. The van der Waals surface area contributed by atoms with Crippen LogP contribution in [0.4, 0.5) is 15.8 Å². The maximum absolute atomic E-state index is 14.1. The van der Waals surface area contributed by atoms with Crippen molar-refractivity contribution in [2.75, 3.05) is 21.9 Å². The van der Waals surface area contributed by atoms with E-state index in [2.05, 4.69) is 5.32 Å². The molecule has 1 aliphatic carbocycles. The van der Waals surface area contributed by atoms with Crippen molar-refractivity contribution in [2.24, 2.45) is 0 Å². The molecule has 8 heteroatoms. The van der Waals surface area contributed by atoms with E-state index in [1.807, 2.05) is 6.07 Å². The standard InChI is InChI=1S/C17H17FN2O3S2/c18-13-6-5-12(20-7-2-8-25(20,22)23)10-14(13)19-17(21)16-9-11-3-1-4-15(11)24-16/h5-6,9-10H,1-4,7-8H2,(H,19,21). The topological polar surface area (TPSA) is 66.5 Å². The lowest BCUT2D eigenvalue weighted by Gasteiger charge is -2.18. The molecule has 1 aliphatic heterocycles. The third-order valence-corrected chi connectivity index (χ3v) is 7.66. The van der Waals surface area contributed by atoms with E-state index in [4.69, 9.17) is 0 Å². The van der Waals surface area contributed by atoms with Crippen molar-refractivity contribution < 1.29 is 17.6 Å². The van der Waals surface area contributed by atoms with Crippen molar-refractivity contribution >= 4 is 38.6 Å². The highest BCUT2D eigenvalue weighted by atomic mass is 32.2. The number of sulfonamides is 1. The number of carbonyl (C=O) groups is 1. The smallest absolute Gasteiger partial charge is 0.265 e. The predicted octanol–water partition coefficient (Wildman–Crippen LogP) is 3.17. The third kappa shape index (κ3) is 3.04. The molecule has 2 aliphatic rings. The number of anilines is 2. The number of nitrogens with zero attached hydrogens (tertiary/aromatic N) is 1. The normalized spacial score (nSPS) is 18.4. The molecule has 2 heterocycles. The summed E-state index contributed by atoms with van der Waals surface area (Å²) in [6.45, 7) is 0.374. The average molecular weight is 380 g/mol. The Balaban J connectivity index is 1.59. The molecule has 1 amide bonds. The van der Waals surface area contributed by atoms with Gasteiger partial charge in [0.2, 0.25) is 10.0 Å². The number of hydrogen-bond acceptors (Lipinski definition) is 4. The number of halogens is 1. The summed E-state index contributed by atoms with van der Waals surface area (Å²) in [5, 5.41) is 2.58. The number of rotatable bonds is 3. The Morgan fingerprint density at radius 3 is 2.76 bits per heavy atom. The van der Waals surface area contributed by atoms with Gasteiger partial charge in [0, 0.05) is 11.4 Å². The molecule has 0 unspecified atom stereocenters. The fourth-order valence-corrected chi connectivity index (χ4v) is 6.02. The van der Waals surface area contributed by atoms with Crippen molar-refractivity contribution in [1.82, 2.24) is 0 Å². The number of benzene rings is 1. The van der Waals surface area contributed by atoms with Crippen molar-refractivity contribution in [3.63, 3.8) is 0 Å². The fraction of sp³-hybridized carbons (Fsp3) is 0.353. The van der Waals surface area contributed by atoms with Crippen LogP contribution in [0, 0.1) is 5.82 Å². The van der Waals surface area contributed by atoms with Gasteiger partial charge >= 0.3 is 0 Å². The fourth-order valence-electron chi connectivity index (χ4n) is 3.32. The Morgan fingerprint density at radius 1 is 1.20 bits per heavy atom. The zero-order valence-electron chi connectivity index (χ0n) is 13.4. The Bertz CT molecular complexity index is 931. The highest BCUT2D eigenvalue weighted by Crippen LogP contribution is 2.32. The summed E-state index contributed by atoms with van der Waals surface area (Å²) in [4.78, 5) is 14.2. The molecular weight excluding hydrogens is 363 g/mol. The molecule has 0 spiro atoms. The summed E-state index contributed by atoms with van der Waals surface area (Å²) in [7, 11) is -3.35. The van der Waals surface area contributed by atoms with E-state index in [-0.39, 0.29) is 17.3 Å². The van der Waals surface area contributed by atoms with E-state index < -0.39 is 15.8 Å². The van der Waals surface area contributed by atoms with Gasteiger partial charge in [-0.3, -0.25) is 9.10 Å². The molecule has 2 aromatic rings. The van der Waals surface area contributed by atoms with Gasteiger partial charge in [-0.1, -0.05) is 0 Å². The Labute approximate surface area is 149 Å². The summed E-state index contributed by atoms with van der Waals surface area (Å²) in [6.07, 6.45) is 3.63. The molecule has 25 heavy (non-hydrogen) atoms. The second-order valence-electron chi connectivity index (χ2n) is 6.27. The van der Waals surface area contributed by atoms with Gasteiger partial charge in [-0.05, 0) is 55.5 Å². The summed E-state index contributed by atoms with van der Waals surface area (Å²) < 4.78 is 39.4. The number of hydrogen-bond donors (Lipinski definition) is 1. The number of aryl methyl sites for hydroxylation is 2. The van der Waals surface area contributed by atoms with Crippen molar-refractivity contribution in [3.8, 4) is 0 Å². The second kappa shape index (κ2) is 6.10. The van der Waals surface area contributed by atoms with Crippen LogP contribution in [0.5, 0.6) is 0 Å². The summed E-state index contributed by atoms with van der Waals surface area (Å²) in [5.41, 5.74) is 1.58. The SMILES string of the molecule is O=C(Nc1cc(N2CCCS2(=O)=O)ccc1F)c1cc2c(s1)CCC2. The third-order valence-electron chi connectivity index (χ3n) is 4.56. The lowest BCUT2D eigenvalue weighted by Crippen LogP contribution is -2.25. The van der Waals surface area contributed by atoms with Crippen LogP contribution >= 0.6 is 11.3 Å². The molecule has 0 radical (unpaired) electrons. The summed E-state index contributed by atoms with van der Waals surface area (Å²) in [5.74, 6) is -0.857. The minimum absolute atomic E-state index is 0.00170. The maximum atomic E-state index is 14.1. The lowest BCUT2D eigenvalue weighted by molar-refractivity contribution is 0.103. The minimum Gasteiger partial charge on any atom is -0.319 e. The molecule has 0 saturated carbocycles. The first kappa shape index (κ1) is 16.5. The van der Waals surface area contributed by atoms with E-state index in [0.29, 0.717) is 23.5 Å². The van der Waals surface area contributed by atoms with Crippen LogP contribution in [-0.4, -0.2) is 26.6 Å². The molecule has 1 fully saturated rings. The van der Waals surface area contributed by atoms with Crippen molar-refractivity contribution in [3.05, 3.63) is 45.4 Å². The van der Waals surface area contributed by atoms with Gasteiger partial charge in [-0.2, -0.15) is 0 Å². The first-order chi connectivity index (χ1) is 11.9. The molecule has 1 aromatic heterocycles. The van der Waals surface area contributed by atoms with E-state index in [0.717, 1.165) is 19.3 Å². The van der Waals surface area contributed by atoms with Crippen molar-refractivity contribution in [1.29, 1.82) is 0 Å². The van der Waals surface area contributed by atoms with E-state index >= 15 is 0 Å². The lowest BCUT2D eigenvalue weighted by atomic mass is 10.2. The highest BCUT2D eigenvalue weighted by Gasteiger charge is 2.29. The van der Waals surface area contributed by atoms with Gasteiger partial charge in [-0.15, -0.1) is 11.3 Å². The molecular formula is C17H17FN2O3S2. The van der Waals surface area contributed by atoms with Gasteiger partial charge in [0.15, 0.2) is 0 Å². The predicted molar refractivity (Wildman–Crippen MR) is 96.4 cm³/mol. The number of amides is 1. The summed E-state index contributed by atoms with van der Waals surface area (Å²) in [6, 6.07) is 5.87. The first-order valence-electron chi connectivity index (χ1n) is 8.17. The van der Waals surface area contributed by atoms with Crippen LogP contribution in [0.2, 0.25) is 0 Å². The monoisotopic (exact) mass is 380 g/mol. The number of nitrogens with one attached hydrogen (secondary N) is 1. The van der Waals surface area contributed by atoms with Crippen LogP contribution in [0.1, 0.15) is 33.0 Å². The quantitative estimate of drug-likeness (QED) is 0.889. The van der Waals surface area contributed by atoms with E-state index in [9.17, 15) is 17.6 Å². The molecule has 1 saturated heterocycles. The zero-order valence-corrected chi connectivity index (χ0v) is 15.1. The first-order valence-corrected chi connectivity index (χ1v) is 10.6. The van der Waals surface area contributed by atoms with Crippen LogP contribution in [0.3, 0.4) is 0 Å².